The zero-order chi connectivity index (χ0) is 89.3. The Kier molecular flexibility index (Phi) is 26.1. The van der Waals surface area contributed by atoms with Crippen LogP contribution >= 0.6 is 0 Å². The van der Waals surface area contributed by atoms with Crippen LogP contribution < -0.4 is 18.9 Å². The van der Waals surface area contributed by atoms with Crippen molar-refractivity contribution in [3.05, 3.63) is 156 Å². The Morgan fingerprint density at radius 3 is 0.667 bits per heavy atom. The minimum Gasteiger partial charge on any atom is -0.743 e. The lowest BCUT2D eigenvalue weighted by Gasteiger charge is -2.56. The number of hydrogen-bond acceptors (Lipinski definition) is 18. The number of carbonyl (C=O) groups is 4. The minimum absolute atomic E-state index is 0.0848. The molecule has 0 saturated heterocycles. The Morgan fingerprint density at radius 1 is 0.310 bits per heavy atom. The third-order valence-electron chi connectivity index (χ3n) is 30.0. The number of ether oxygens (including phenoxy) is 8. The lowest BCUT2D eigenvalue weighted by atomic mass is 9.49. The highest BCUT2D eigenvalue weighted by atomic mass is 32.2. The van der Waals surface area contributed by atoms with Gasteiger partial charge in [0.15, 0.2) is 49.6 Å². The summed E-state index contributed by atoms with van der Waals surface area (Å²) in [5, 5.41) is -14.6. The van der Waals surface area contributed by atoms with Crippen molar-refractivity contribution in [3.8, 4) is 23.0 Å². The van der Waals surface area contributed by atoms with Crippen LogP contribution in [0.1, 0.15) is 202 Å². The molecule has 22 rings (SSSR count). The summed E-state index contributed by atoms with van der Waals surface area (Å²) in [5.41, 5.74) is 4.66. The van der Waals surface area contributed by atoms with Crippen molar-refractivity contribution >= 4 is 65.9 Å². The summed E-state index contributed by atoms with van der Waals surface area (Å²) in [6, 6.07) is 45.7. The molecule has 16 aliphatic rings. The monoisotopic (exact) mass is 1830 g/mol. The molecule has 16 saturated carbocycles. The van der Waals surface area contributed by atoms with Crippen LogP contribution in [0.5, 0.6) is 23.0 Å². The van der Waals surface area contributed by atoms with Crippen LogP contribution in [-0.4, -0.2) is 99.3 Å². The lowest BCUT2D eigenvalue weighted by molar-refractivity contribution is -0.327. The molecule has 0 aromatic heterocycles. The Morgan fingerprint density at radius 2 is 0.492 bits per heavy atom. The first-order valence-electron chi connectivity index (χ1n) is 44.2. The van der Waals surface area contributed by atoms with Crippen LogP contribution in [0.2, 0.25) is 0 Å². The quantitative estimate of drug-likeness (QED) is 0.00978. The van der Waals surface area contributed by atoms with E-state index in [1.807, 2.05) is 60.7 Å². The lowest BCUT2D eigenvalue weighted by Crippen LogP contribution is -2.66. The molecule has 0 N–H and O–H groups in total. The number of alkyl halides is 8. The van der Waals surface area contributed by atoms with Gasteiger partial charge in [-0.25, -0.2) is 16.8 Å². The highest BCUT2D eigenvalue weighted by Gasteiger charge is 2.85. The van der Waals surface area contributed by atoms with Crippen molar-refractivity contribution in [3.63, 3.8) is 0 Å². The van der Waals surface area contributed by atoms with Gasteiger partial charge in [-0.05, 0) is 347 Å². The summed E-state index contributed by atoms with van der Waals surface area (Å²) >= 11 is 0. The fourth-order valence-corrected chi connectivity index (χ4v) is 32.2. The minimum atomic E-state index is -7.68. The smallest absolute Gasteiger partial charge is 0.402 e. The SMILES string of the molecule is Cc1c(OCOC(=O)CC23CC4CC(CC(C4)C2)C3)cccc1[S+](c1ccccc1)c1cccc(OCOC(=O)CC23CC4CC(CC(C4)C2)C3)c1C.Cc1c(OCOC(=O)CC23CC4CC(CC(C4)C2)C3)cccc1[S+](c1ccccc1)c1cccc(OCOC(=O)CC23CC4CC(CC(C4)C2)C3)c1C.O=S(=O)([O-])C(F)(F)C(F)(F)C(F)(F)C(F)(F)S(=O)(=O)[O-]. The highest BCUT2D eigenvalue weighted by Crippen LogP contribution is 2.66. The number of carbonyl (C=O) groups excluding carboxylic acids is 4. The van der Waals surface area contributed by atoms with Gasteiger partial charge in [-0.3, -0.25) is 19.2 Å². The normalized spacial score (nSPS) is 29.8. The molecule has 16 bridgehead atoms. The topological polar surface area (TPSA) is 257 Å². The average Bonchev–Trinajstić information content (AvgIpc) is 0.792. The molecule has 16 fully saturated rings. The molecule has 0 spiro atoms. The summed E-state index contributed by atoms with van der Waals surface area (Å²) in [4.78, 5) is 59.4. The molecular formula is C96H110F8O18S4. The van der Waals surface area contributed by atoms with E-state index < -0.39 is 64.4 Å². The van der Waals surface area contributed by atoms with E-state index in [9.17, 15) is 80.2 Å². The van der Waals surface area contributed by atoms with Crippen molar-refractivity contribution in [1.82, 2.24) is 0 Å². The molecule has 18 nitrogen and oxygen atoms in total. The zero-order valence-corrected chi connectivity index (χ0v) is 74.5. The van der Waals surface area contributed by atoms with Gasteiger partial charge in [0.25, 0.3) is 0 Å². The van der Waals surface area contributed by atoms with E-state index in [0.717, 1.165) is 136 Å². The Hall–Kier alpha value is -7.64. The second kappa shape index (κ2) is 35.9. The molecule has 0 atom stereocenters. The maximum atomic E-state index is 13.1. The van der Waals surface area contributed by atoms with Gasteiger partial charge in [0.2, 0.25) is 27.2 Å². The third-order valence-corrected chi connectivity index (χ3v) is 36.8. The zero-order valence-electron chi connectivity index (χ0n) is 71.3. The molecule has 0 amide bonds. The third kappa shape index (κ3) is 19.0. The van der Waals surface area contributed by atoms with Gasteiger partial charge < -0.3 is 47.0 Å². The van der Waals surface area contributed by atoms with Gasteiger partial charge in [0.05, 0.1) is 25.7 Å². The molecular weight excluding hydrogens is 1720 g/mol. The van der Waals surface area contributed by atoms with Crippen LogP contribution in [0.3, 0.4) is 0 Å². The van der Waals surface area contributed by atoms with Crippen molar-refractivity contribution in [1.29, 1.82) is 0 Å². The highest BCUT2D eigenvalue weighted by molar-refractivity contribution is 7.97. The van der Waals surface area contributed by atoms with E-state index in [4.69, 9.17) is 37.9 Å². The predicted molar refractivity (Wildman–Crippen MR) is 448 cm³/mol. The van der Waals surface area contributed by atoms with Crippen LogP contribution in [0.25, 0.3) is 0 Å². The van der Waals surface area contributed by atoms with Gasteiger partial charge in [0, 0.05) is 22.3 Å². The Bertz CT molecular complexity index is 4560. The van der Waals surface area contributed by atoms with E-state index in [1.165, 1.54) is 164 Å². The van der Waals surface area contributed by atoms with Crippen molar-refractivity contribution in [2.75, 3.05) is 27.2 Å². The molecule has 30 heteroatoms. The number of rotatable bonds is 31. The Labute approximate surface area is 737 Å². The molecule has 6 aromatic rings. The van der Waals surface area contributed by atoms with E-state index in [-0.39, 0.29) is 72.7 Å². The van der Waals surface area contributed by atoms with Crippen LogP contribution in [0.4, 0.5) is 35.1 Å². The van der Waals surface area contributed by atoms with Gasteiger partial charge in [0.1, 0.15) is 44.8 Å². The fourth-order valence-electron chi connectivity index (χ4n) is 26.5. The molecule has 0 radical (unpaired) electrons. The van der Waals surface area contributed by atoms with E-state index >= 15 is 0 Å². The van der Waals surface area contributed by atoms with Crippen LogP contribution in [0, 0.1) is 120 Å². The summed E-state index contributed by atoms with van der Waals surface area (Å²) in [7, 11) is -16.1. The van der Waals surface area contributed by atoms with Crippen molar-refractivity contribution < 1.29 is 118 Å². The molecule has 682 valence electrons. The summed E-state index contributed by atoms with van der Waals surface area (Å²) < 4.78 is 206. The molecule has 0 heterocycles. The van der Waals surface area contributed by atoms with E-state index in [0.29, 0.717) is 25.7 Å². The first-order valence-corrected chi connectivity index (χ1v) is 49.5. The number of esters is 4. The molecule has 126 heavy (non-hydrogen) atoms. The fraction of sp³-hybridized carbons (Fsp3) is 0.583. The van der Waals surface area contributed by atoms with Crippen LogP contribution in [-0.2, 0) is 80.2 Å². The largest absolute Gasteiger partial charge is 0.743 e. The predicted octanol–water partition coefficient (Wildman–Crippen LogP) is 21.3. The average molecular weight is 1830 g/mol. The first kappa shape index (κ1) is 91.7. The molecule has 16 aliphatic carbocycles. The Balaban J connectivity index is 0.000000153. The second-order valence-corrected chi connectivity index (χ2v) is 46.1. The van der Waals surface area contributed by atoms with Gasteiger partial charge in [-0.15, -0.1) is 0 Å². The molecule has 6 aromatic carbocycles. The van der Waals surface area contributed by atoms with Gasteiger partial charge in [-0.2, -0.15) is 35.1 Å². The van der Waals surface area contributed by atoms with E-state index in [2.05, 4.69) is 100 Å². The van der Waals surface area contributed by atoms with Gasteiger partial charge >= 0.3 is 46.2 Å². The number of hydrogen-bond donors (Lipinski definition) is 0. The first-order chi connectivity index (χ1) is 59.7. The summed E-state index contributed by atoms with van der Waals surface area (Å²) in [6.07, 6.45) is 32.8. The summed E-state index contributed by atoms with van der Waals surface area (Å²) in [6.45, 7) is 8.01. The molecule has 0 unspecified atom stereocenters. The second-order valence-electron chi connectivity index (χ2n) is 39.3. The number of benzene rings is 6. The van der Waals surface area contributed by atoms with Crippen LogP contribution in [0.15, 0.2) is 163 Å². The molecule has 0 aliphatic heterocycles. The maximum Gasteiger partial charge on any atom is 0.402 e. The summed E-state index contributed by atoms with van der Waals surface area (Å²) in [5.74, 6) is -3.30. The standard InChI is InChI=1S/2C46H55O6S.C4H2F8O6S2/c2*1-30-39(49-28-51-43(47)26-45-20-32-14-33(21-45)16-34(15-32)22-45)10-6-12-41(30)53(38-8-4-3-5-9-38)42-13-7-11-40(31(42)2)50-29-52-44(48)27-46-23-35-17-36(24-46)19-37(18-35)25-46;5-1(6,3(9,10)19(13,14)15)2(7,8)4(11,12)20(16,17)18/h2*3-13,32-37H,14-29H2,1-2H3;(H,13,14,15)(H,16,17,18)/q2*+1;/p-2. The van der Waals surface area contributed by atoms with Gasteiger partial charge in [-0.1, -0.05) is 60.7 Å². The number of halogens is 8. The van der Waals surface area contributed by atoms with E-state index in [1.54, 1.807) is 0 Å². The van der Waals surface area contributed by atoms with Crippen molar-refractivity contribution in [2.24, 2.45) is 92.7 Å². The van der Waals surface area contributed by atoms with Crippen molar-refractivity contribution in [2.45, 2.75) is 259 Å². The maximum absolute atomic E-state index is 13.1.